The third-order valence-corrected chi connectivity index (χ3v) is 2.29. The second kappa shape index (κ2) is 3.13. The first-order valence-electron chi connectivity index (χ1n) is 4.36. The quantitative estimate of drug-likeness (QED) is 0.734. The van der Waals surface area contributed by atoms with Crippen LogP contribution in [0.2, 0.25) is 5.28 Å². The Morgan fingerprint density at radius 3 is 2.93 bits per heavy atom. The highest BCUT2D eigenvalue weighted by atomic mass is 35.5. The lowest BCUT2D eigenvalue weighted by molar-refractivity contribution is 0.617. The molecule has 2 rings (SSSR count). The van der Waals surface area contributed by atoms with E-state index in [1.54, 1.807) is 6.07 Å². The fourth-order valence-electron chi connectivity index (χ4n) is 1.43. The highest BCUT2D eigenvalue weighted by Crippen LogP contribution is 2.15. The molecule has 2 heterocycles. The molecule has 0 saturated heterocycles. The molecule has 0 atom stereocenters. The molecule has 0 aliphatic rings. The summed E-state index contributed by atoms with van der Waals surface area (Å²) in [5, 5.41) is 0.700. The first-order chi connectivity index (χ1) is 6.59. The lowest BCUT2D eigenvalue weighted by atomic mass is 10.4. The number of halogens is 1. The zero-order valence-corrected chi connectivity index (χ0v) is 8.67. The summed E-state index contributed by atoms with van der Waals surface area (Å²) < 4.78 is 1.91. The van der Waals surface area contributed by atoms with Crippen LogP contribution in [0, 0.1) is 0 Å². The average Bonchev–Trinajstić information content (AvgIpc) is 2.47. The van der Waals surface area contributed by atoms with Crippen LogP contribution < -0.4 is 5.56 Å². The Bertz CT molecular complexity index is 526. The monoisotopic (exact) mass is 211 g/mol. The Labute approximate surface area is 85.5 Å². The molecule has 0 unspecified atom stereocenters. The summed E-state index contributed by atoms with van der Waals surface area (Å²) in [6.45, 7) is 4.05. The molecule has 74 valence electrons. The van der Waals surface area contributed by atoms with Crippen LogP contribution in [0.25, 0.3) is 11.0 Å². The number of nitrogens with one attached hydrogen (secondary N) is 1. The normalized spacial score (nSPS) is 11.4. The molecule has 0 radical (unpaired) electrons. The van der Waals surface area contributed by atoms with Gasteiger partial charge in [0.1, 0.15) is 5.65 Å². The molecule has 0 amide bonds. The van der Waals surface area contributed by atoms with Gasteiger partial charge in [-0.3, -0.25) is 9.78 Å². The number of hydrogen-bond acceptors (Lipinski definition) is 2. The van der Waals surface area contributed by atoms with E-state index in [1.807, 2.05) is 24.6 Å². The van der Waals surface area contributed by atoms with Gasteiger partial charge in [0.25, 0.3) is 5.56 Å². The van der Waals surface area contributed by atoms with Crippen LogP contribution in [-0.4, -0.2) is 14.5 Å². The van der Waals surface area contributed by atoms with Crippen molar-refractivity contribution in [3.63, 3.8) is 0 Å². The molecular weight excluding hydrogens is 202 g/mol. The number of H-pyrrole nitrogens is 1. The Morgan fingerprint density at radius 1 is 1.57 bits per heavy atom. The Hall–Kier alpha value is -1.29. The van der Waals surface area contributed by atoms with Gasteiger partial charge in [-0.25, -0.2) is 4.98 Å². The number of rotatable bonds is 1. The van der Waals surface area contributed by atoms with Gasteiger partial charge in [0.15, 0.2) is 0 Å². The van der Waals surface area contributed by atoms with Gasteiger partial charge in [-0.15, -0.1) is 0 Å². The highest BCUT2D eigenvalue weighted by molar-refractivity contribution is 6.28. The van der Waals surface area contributed by atoms with Crippen molar-refractivity contribution in [2.24, 2.45) is 0 Å². The molecule has 0 fully saturated rings. The zero-order chi connectivity index (χ0) is 10.3. The predicted molar refractivity (Wildman–Crippen MR) is 55.7 cm³/mol. The van der Waals surface area contributed by atoms with Crippen molar-refractivity contribution in [1.29, 1.82) is 0 Å². The summed E-state index contributed by atoms with van der Waals surface area (Å²) in [5.41, 5.74) is 0.438. The second-order valence-electron chi connectivity index (χ2n) is 3.41. The number of aromatic amines is 1. The predicted octanol–water partition coefficient (Wildman–Crippen LogP) is 1.96. The fourth-order valence-corrected chi connectivity index (χ4v) is 1.60. The minimum atomic E-state index is -0.195. The van der Waals surface area contributed by atoms with Crippen molar-refractivity contribution in [3.05, 3.63) is 27.9 Å². The van der Waals surface area contributed by atoms with Crippen molar-refractivity contribution in [2.45, 2.75) is 19.9 Å². The lowest BCUT2D eigenvalue weighted by Gasteiger charge is -2.07. The van der Waals surface area contributed by atoms with Gasteiger partial charge in [-0.05, 0) is 31.5 Å². The van der Waals surface area contributed by atoms with Gasteiger partial charge in [0.2, 0.25) is 5.28 Å². The fraction of sp³-hybridized carbons (Fsp3) is 0.333. The molecular formula is C9H10ClN3O. The minimum absolute atomic E-state index is 0.128. The van der Waals surface area contributed by atoms with E-state index in [2.05, 4.69) is 9.97 Å². The molecule has 1 N–H and O–H groups in total. The van der Waals surface area contributed by atoms with Crippen molar-refractivity contribution >= 4 is 22.6 Å². The van der Waals surface area contributed by atoms with E-state index in [1.165, 1.54) is 0 Å². The van der Waals surface area contributed by atoms with E-state index in [0.717, 1.165) is 0 Å². The Morgan fingerprint density at radius 2 is 2.29 bits per heavy atom. The number of nitrogens with zero attached hydrogens (tertiary/aromatic N) is 2. The van der Waals surface area contributed by atoms with Crippen LogP contribution >= 0.6 is 11.6 Å². The average molecular weight is 212 g/mol. The van der Waals surface area contributed by atoms with E-state index in [0.29, 0.717) is 11.0 Å². The van der Waals surface area contributed by atoms with Crippen molar-refractivity contribution in [2.75, 3.05) is 0 Å². The third kappa shape index (κ3) is 1.32. The van der Waals surface area contributed by atoms with Crippen molar-refractivity contribution in [1.82, 2.24) is 14.5 Å². The topological polar surface area (TPSA) is 50.7 Å². The first kappa shape index (κ1) is 9.27. The summed E-state index contributed by atoms with van der Waals surface area (Å²) in [7, 11) is 0. The van der Waals surface area contributed by atoms with Gasteiger partial charge in [-0.2, -0.15) is 0 Å². The van der Waals surface area contributed by atoms with Crippen molar-refractivity contribution < 1.29 is 0 Å². The smallest absolute Gasteiger partial charge is 0.261 e. The summed E-state index contributed by atoms with van der Waals surface area (Å²) in [5.74, 6) is 0. The molecule has 4 nitrogen and oxygen atoms in total. The maximum Gasteiger partial charge on any atom is 0.261 e. The lowest BCUT2D eigenvalue weighted by Crippen LogP contribution is -2.09. The van der Waals surface area contributed by atoms with Gasteiger partial charge >= 0.3 is 0 Å². The maximum atomic E-state index is 11.4. The van der Waals surface area contributed by atoms with Crippen LogP contribution in [0.1, 0.15) is 19.9 Å². The molecule has 0 aromatic carbocycles. The summed E-state index contributed by atoms with van der Waals surface area (Å²) in [6, 6.07) is 2.01. The zero-order valence-electron chi connectivity index (χ0n) is 7.91. The summed E-state index contributed by atoms with van der Waals surface area (Å²) in [4.78, 5) is 18.0. The Kier molecular flexibility index (Phi) is 2.07. The largest absolute Gasteiger partial charge is 0.330 e. The molecule has 2 aromatic heterocycles. The molecule has 5 heteroatoms. The summed E-state index contributed by atoms with van der Waals surface area (Å²) in [6.07, 6.45) is 1.84. The SMILES string of the molecule is CC(C)n1ccc2c(=O)[nH]c(Cl)nc21. The van der Waals surface area contributed by atoms with Gasteiger partial charge in [0, 0.05) is 12.2 Å². The standard InChI is InChI=1S/C9H10ClN3O/c1-5(2)13-4-3-6-7(13)11-9(10)12-8(6)14/h3-5H,1-2H3,(H,11,12,14). The van der Waals surface area contributed by atoms with E-state index in [-0.39, 0.29) is 16.9 Å². The van der Waals surface area contributed by atoms with Gasteiger partial charge < -0.3 is 4.57 Å². The van der Waals surface area contributed by atoms with Gasteiger partial charge in [0.05, 0.1) is 5.39 Å². The molecule has 0 saturated carbocycles. The molecule has 0 aliphatic carbocycles. The van der Waals surface area contributed by atoms with E-state index in [9.17, 15) is 4.79 Å². The van der Waals surface area contributed by atoms with Crippen LogP contribution in [0.3, 0.4) is 0 Å². The molecule has 0 spiro atoms. The molecule has 0 bridgehead atoms. The molecule has 2 aromatic rings. The van der Waals surface area contributed by atoms with Crippen LogP contribution in [0.5, 0.6) is 0 Å². The van der Waals surface area contributed by atoms with E-state index in [4.69, 9.17) is 11.6 Å². The van der Waals surface area contributed by atoms with Crippen LogP contribution in [0.4, 0.5) is 0 Å². The number of hydrogen-bond donors (Lipinski definition) is 1. The summed E-state index contributed by atoms with van der Waals surface area (Å²) >= 11 is 5.68. The number of aromatic nitrogens is 3. The second-order valence-corrected chi connectivity index (χ2v) is 3.77. The third-order valence-electron chi connectivity index (χ3n) is 2.11. The Balaban J connectivity index is 2.85. The first-order valence-corrected chi connectivity index (χ1v) is 4.73. The van der Waals surface area contributed by atoms with Crippen molar-refractivity contribution in [3.8, 4) is 0 Å². The minimum Gasteiger partial charge on any atom is -0.330 e. The molecule has 0 aliphatic heterocycles. The number of fused-ring (bicyclic) bond motifs is 1. The highest BCUT2D eigenvalue weighted by Gasteiger charge is 2.09. The maximum absolute atomic E-state index is 11.4. The molecule has 14 heavy (non-hydrogen) atoms. The van der Waals surface area contributed by atoms with E-state index >= 15 is 0 Å². The van der Waals surface area contributed by atoms with E-state index < -0.39 is 0 Å². The van der Waals surface area contributed by atoms with Gasteiger partial charge in [-0.1, -0.05) is 0 Å². The van der Waals surface area contributed by atoms with Crippen LogP contribution in [0.15, 0.2) is 17.1 Å². The van der Waals surface area contributed by atoms with Crippen LogP contribution in [-0.2, 0) is 0 Å².